The first-order valence-corrected chi connectivity index (χ1v) is 11.5. The van der Waals surface area contributed by atoms with Crippen LogP contribution in [0.15, 0.2) is 36.4 Å². The van der Waals surface area contributed by atoms with Gasteiger partial charge in [0.15, 0.2) is 0 Å². The second-order valence-electron chi connectivity index (χ2n) is 8.84. The molecule has 0 aromatic heterocycles. The molecular formula is C25H37Cl. The number of rotatable bonds is 7. The third kappa shape index (κ3) is 6.15. The van der Waals surface area contributed by atoms with Crippen molar-refractivity contribution in [2.75, 3.05) is 0 Å². The molecule has 0 radical (unpaired) electrons. The van der Waals surface area contributed by atoms with Crippen molar-refractivity contribution in [3.05, 3.63) is 47.0 Å². The van der Waals surface area contributed by atoms with Crippen LogP contribution >= 0.6 is 11.6 Å². The number of hydrogen-bond acceptors (Lipinski definition) is 0. The lowest BCUT2D eigenvalue weighted by Gasteiger charge is -2.31. The van der Waals surface area contributed by atoms with Crippen LogP contribution in [-0.2, 0) is 0 Å². The second kappa shape index (κ2) is 10.5. The number of unbranched alkanes of at least 4 members (excludes halogenated alkanes) is 1. The fourth-order valence-electron chi connectivity index (χ4n) is 5.12. The predicted molar refractivity (Wildman–Crippen MR) is 115 cm³/mol. The molecule has 0 amide bonds. The van der Waals surface area contributed by atoms with Gasteiger partial charge in [0.1, 0.15) is 0 Å². The molecule has 0 nitrogen and oxygen atoms in total. The Morgan fingerprint density at radius 2 is 1.42 bits per heavy atom. The van der Waals surface area contributed by atoms with Crippen molar-refractivity contribution >= 4 is 11.6 Å². The summed E-state index contributed by atoms with van der Waals surface area (Å²) in [4.78, 5) is 0. The van der Waals surface area contributed by atoms with E-state index in [1.807, 2.05) is 0 Å². The van der Waals surface area contributed by atoms with Crippen molar-refractivity contribution in [3.63, 3.8) is 0 Å². The van der Waals surface area contributed by atoms with E-state index in [0.717, 1.165) is 28.7 Å². The maximum absolute atomic E-state index is 6.03. The summed E-state index contributed by atoms with van der Waals surface area (Å²) in [7, 11) is 0. The Balaban J connectivity index is 1.32. The highest BCUT2D eigenvalue weighted by Crippen LogP contribution is 2.40. The number of benzene rings is 1. The van der Waals surface area contributed by atoms with Crippen LogP contribution in [0, 0.1) is 17.8 Å². The lowest BCUT2D eigenvalue weighted by atomic mass is 9.74. The first-order valence-electron chi connectivity index (χ1n) is 11.2. The van der Waals surface area contributed by atoms with Gasteiger partial charge in [0.05, 0.1) is 0 Å². The zero-order valence-electron chi connectivity index (χ0n) is 16.6. The van der Waals surface area contributed by atoms with Crippen molar-refractivity contribution in [2.45, 2.75) is 89.9 Å². The molecule has 0 unspecified atom stereocenters. The van der Waals surface area contributed by atoms with Crippen molar-refractivity contribution in [1.82, 2.24) is 0 Å². The third-order valence-electron chi connectivity index (χ3n) is 6.93. The van der Waals surface area contributed by atoms with Gasteiger partial charge in [-0.1, -0.05) is 62.1 Å². The smallest absolute Gasteiger partial charge is 0.0406 e. The number of hydrogen-bond donors (Lipinski definition) is 0. The average molecular weight is 373 g/mol. The molecule has 0 saturated heterocycles. The van der Waals surface area contributed by atoms with E-state index in [0.29, 0.717) is 0 Å². The lowest BCUT2D eigenvalue weighted by Crippen LogP contribution is -2.17. The summed E-state index contributed by atoms with van der Waals surface area (Å²) in [6.45, 7) is 2.27. The van der Waals surface area contributed by atoms with Crippen LogP contribution in [0.1, 0.15) is 95.5 Å². The first kappa shape index (κ1) is 20.0. The second-order valence-corrected chi connectivity index (χ2v) is 9.28. The van der Waals surface area contributed by atoms with E-state index in [1.165, 1.54) is 82.6 Å². The van der Waals surface area contributed by atoms with Crippen LogP contribution in [0.25, 0.3) is 0 Å². The summed E-state index contributed by atoms with van der Waals surface area (Å²) in [6, 6.07) is 8.58. The Morgan fingerprint density at radius 3 is 2.00 bits per heavy atom. The van der Waals surface area contributed by atoms with Gasteiger partial charge >= 0.3 is 0 Å². The van der Waals surface area contributed by atoms with E-state index >= 15 is 0 Å². The molecule has 0 bridgehead atoms. The minimum absolute atomic E-state index is 0.772. The predicted octanol–water partition coefficient (Wildman–Crippen LogP) is 8.56. The first-order chi connectivity index (χ1) is 12.7. The van der Waals surface area contributed by atoms with Gasteiger partial charge < -0.3 is 0 Å². The van der Waals surface area contributed by atoms with E-state index in [2.05, 4.69) is 43.3 Å². The van der Waals surface area contributed by atoms with E-state index in [4.69, 9.17) is 11.6 Å². The molecule has 2 fully saturated rings. The molecule has 2 aliphatic rings. The van der Waals surface area contributed by atoms with Gasteiger partial charge in [-0.2, -0.15) is 0 Å². The summed E-state index contributed by atoms with van der Waals surface area (Å²) in [5.74, 6) is 3.65. The zero-order valence-corrected chi connectivity index (χ0v) is 17.4. The molecule has 2 saturated carbocycles. The number of halogens is 1. The summed E-state index contributed by atoms with van der Waals surface area (Å²) in [5.41, 5.74) is 1.50. The van der Waals surface area contributed by atoms with Crippen molar-refractivity contribution in [3.8, 4) is 0 Å². The van der Waals surface area contributed by atoms with Gasteiger partial charge in [0.25, 0.3) is 0 Å². The number of allylic oxidation sites excluding steroid dienone is 2. The van der Waals surface area contributed by atoms with Crippen LogP contribution in [0.2, 0.25) is 5.02 Å². The monoisotopic (exact) mass is 372 g/mol. The van der Waals surface area contributed by atoms with Crippen molar-refractivity contribution in [2.24, 2.45) is 17.8 Å². The quantitative estimate of drug-likeness (QED) is 0.420. The van der Waals surface area contributed by atoms with Gasteiger partial charge in [-0.3, -0.25) is 0 Å². The maximum atomic E-state index is 6.03. The van der Waals surface area contributed by atoms with Crippen molar-refractivity contribution < 1.29 is 0 Å². The van der Waals surface area contributed by atoms with Gasteiger partial charge in [-0.15, -0.1) is 0 Å². The summed E-state index contributed by atoms with van der Waals surface area (Å²) < 4.78 is 0. The molecule has 1 aromatic rings. The summed E-state index contributed by atoms with van der Waals surface area (Å²) in [5, 5.41) is 0.859. The Bertz CT molecular complexity index is 528. The normalized spacial score (nSPS) is 29.9. The van der Waals surface area contributed by atoms with Gasteiger partial charge in [0, 0.05) is 5.02 Å². The molecule has 2 aliphatic carbocycles. The summed E-state index contributed by atoms with van der Waals surface area (Å²) in [6.07, 6.45) is 21.9. The van der Waals surface area contributed by atoms with E-state index in [-0.39, 0.29) is 0 Å². The minimum Gasteiger partial charge on any atom is -0.0883 e. The third-order valence-corrected chi connectivity index (χ3v) is 7.18. The fourth-order valence-corrected chi connectivity index (χ4v) is 5.24. The highest BCUT2D eigenvalue weighted by Gasteiger charge is 2.24. The molecule has 0 N–H and O–H groups in total. The molecule has 144 valence electrons. The average Bonchev–Trinajstić information content (AvgIpc) is 2.69. The largest absolute Gasteiger partial charge is 0.0883 e. The van der Waals surface area contributed by atoms with Crippen molar-refractivity contribution in [1.29, 1.82) is 0 Å². The van der Waals surface area contributed by atoms with E-state index < -0.39 is 0 Å². The molecule has 3 rings (SSSR count). The molecule has 26 heavy (non-hydrogen) atoms. The SMILES string of the molecule is CCCC=C[C@H]1CC[C@H](CC[C@H]2CC[C@H](c3ccc(Cl)cc3)CC2)CC1. The molecule has 0 heterocycles. The van der Waals surface area contributed by atoms with Gasteiger partial charge in [-0.05, 0) is 99.2 Å². The van der Waals surface area contributed by atoms with Crippen LogP contribution in [-0.4, -0.2) is 0 Å². The lowest BCUT2D eigenvalue weighted by molar-refractivity contribution is 0.246. The van der Waals surface area contributed by atoms with Crippen LogP contribution in [0.4, 0.5) is 0 Å². The van der Waals surface area contributed by atoms with Gasteiger partial charge in [0.2, 0.25) is 0 Å². The zero-order chi connectivity index (χ0) is 18.2. The standard InChI is InChI=1S/C25H37Cl/c1-2-3-4-5-20-6-8-21(9-7-20)10-11-22-12-14-23(15-13-22)24-16-18-25(26)19-17-24/h4-5,16-23H,2-3,6-15H2,1H3/t20-,21-,22-,23-. The Kier molecular flexibility index (Phi) is 8.11. The van der Waals surface area contributed by atoms with E-state index in [1.54, 1.807) is 0 Å². The summed E-state index contributed by atoms with van der Waals surface area (Å²) >= 11 is 6.03. The van der Waals surface area contributed by atoms with Crippen LogP contribution in [0.5, 0.6) is 0 Å². The molecule has 0 atom stereocenters. The molecule has 1 heteroatoms. The fraction of sp³-hybridized carbons (Fsp3) is 0.680. The Morgan fingerprint density at radius 1 is 0.846 bits per heavy atom. The van der Waals surface area contributed by atoms with Crippen LogP contribution < -0.4 is 0 Å². The highest BCUT2D eigenvalue weighted by molar-refractivity contribution is 6.30. The minimum atomic E-state index is 0.772. The molecule has 0 aliphatic heterocycles. The Hall–Kier alpha value is -0.750. The molecular weight excluding hydrogens is 336 g/mol. The highest BCUT2D eigenvalue weighted by atomic mass is 35.5. The Labute approximate surface area is 166 Å². The van der Waals surface area contributed by atoms with Gasteiger partial charge in [-0.25, -0.2) is 0 Å². The topological polar surface area (TPSA) is 0 Å². The van der Waals surface area contributed by atoms with E-state index in [9.17, 15) is 0 Å². The van der Waals surface area contributed by atoms with Crippen LogP contribution in [0.3, 0.4) is 0 Å². The maximum Gasteiger partial charge on any atom is 0.0406 e. The molecule has 0 spiro atoms. The molecule has 1 aromatic carbocycles.